The number of thiophene rings is 1. The molecule has 0 fully saturated rings. The van der Waals surface area contributed by atoms with Crippen molar-refractivity contribution in [2.75, 3.05) is 0 Å². The van der Waals surface area contributed by atoms with E-state index in [4.69, 9.17) is 14.4 Å². The van der Waals surface area contributed by atoms with Gasteiger partial charge in [0.15, 0.2) is 0 Å². The van der Waals surface area contributed by atoms with Crippen molar-refractivity contribution in [3.8, 4) is 33.5 Å². The van der Waals surface area contributed by atoms with Crippen LogP contribution in [0.2, 0.25) is 0 Å². The highest BCUT2D eigenvalue weighted by atomic mass is 32.1. The molecular weight excluding hydrogens is 532 g/mol. The van der Waals surface area contributed by atoms with E-state index in [1.807, 2.05) is 23.6 Å². The Morgan fingerprint density at radius 1 is 0.548 bits per heavy atom. The van der Waals surface area contributed by atoms with Gasteiger partial charge in [-0.15, -0.1) is 11.3 Å². The Morgan fingerprint density at radius 2 is 1.33 bits per heavy atom. The maximum atomic E-state index is 6.21. The van der Waals surface area contributed by atoms with Gasteiger partial charge in [0.05, 0.1) is 11.9 Å². The zero-order chi connectivity index (χ0) is 27.6. The van der Waals surface area contributed by atoms with E-state index in [1.54, 1.807) is 0 Å². The van der Waals surface area contributed by atoms with Gasteiger partial charge in [-0.05, 0) is 63.4 Å². The van der Waals surface area contributed by atoms with Crippen LogP contribution in [0.25, 0.3) is 86.7 Å². The molecule has 0 N–H and O–H groups in total. The normalized spacial score (nSPS) is 11.8. The fraction of sp³-hybridized carbons (Fsp3) is 0. The van der Waals surface area contributed by atoms with Crippen LogP contribution in [0.3, 0.4) is 0 Å². The van der Waals surface area contributed by atoms with Gasteiger partial charge in [0.1, 0.15) is 11.1 Å². The summed E-state index contributed by atoms with van der Waals surface area (Å²) >= 11 is 1.85. The van der Waals surface area contributed by atoms with Gasteiger partial charge in [-0.2, -0.15) is 0 Å². The lowest BCUT2D eigenvalue weighted by atomic mass is 10.00. The van der Waals surface area contributed by atoms with E-state index in [2.05, 4.69) is 121 Å². The molecule has 0 spiro atoms. The number of rotatable bonds is 3. The zero-order valence-corrected chi connectivity index (χ0v) is 23.2. The van der Waals surface area contributed by atoms with Crippen LogP contribution in [-0.2, 0) is 0 Å². The highest BCUT2D eigenvalue weighted by Gasteiger charge is 2.15. The second kappa shape index (κ2) is 9.10. The van der Waals surface area contributed by atoms with E-state index in [9.17, 15) is 0 Å². The second-order valence-electron chi connectivity index (χ2n) is 10.6. The molecule has 0 amide bonds. The van der Waals surface area contributed by atoms with Crippen molar-refractivity contribution in [1.29, 1.82) is 0 Å². The molecule has 0 atom stereocenters. The summed E-state index contributed by atoms with van der Waals surface area (Å²) < 4.78 is 8.82. The molecular formula is C38H22N2OS. The van der Waals surface area contributed by atoms with Gasteiger partial charge in [0, 0.05) is 31.1 Å². The molecule has 196 valence electrons. The molecule has 0 aliphatic carbocycles. The lowest BCUT2D eigenvalue weighted by molar-refractivity contribution is 0.653. The predicted molar refractivity (Wildman–Crippen MR) is 176 cm³/mol. The molecule has 3 aromatic heterocycles. The van der Waals surface area contributed by atoms with Crippen LogP contribution in [0.5, 0.6) is 0 Å². The first-order valence-electron chi connectivity index (χ1n) is 14.0. The Kier molecular flexibility index (Phi) is 5.07. The first kappa shape index (κ1) is 23.4. The van der Waals surface area contributed by atoms with E-state index in [0.29, 0.717) is 5.71 Å². The quantitative estimate of drug-likeness (QED) is 0.218. The summed E-state index contributed by atoms with van der Waals surface area (Å²) in [6, 6.07) is 45.0. The summed E-state index contributed by atoms with van der Waals surface area (Å²) in [5, 5.41) is 6.03. The molecule has 0 bridgehead atoms. The SMILES string of the molecule is c1cc(-c2cnc3c(n2)oc2ccc(-c4ccc5ccccc5c4)cc23)cc(-c2cccc3c2sc2ccccc23)c1. The minimum absolute atomic E-state index is 0.551. The Bertz CT molecular complexity index is 2490. The van der Waals surface area contributed by atoms with E-state index in [1.165, 1.54) is 42.1 Å². The Balaban J connectivity index is 1.12. The topological polar surface area (TPSA) is 38.9 Å². The molecule has 6 aromatic carbocycles. The third-order valence-corrected chi connectivity index (χ3v) is 9.36. The summed E-state index contributed by atoms with van der Waals surface area (Å²) in [5.74, 6) is 0. The van der Waals surface area contributed by atoms with Crippen LogP contribution >= 0.6 is 11.3 Å². The minimum atomic E-state index is 0.551. The van der Waals surface area contributed by atoms with Crippen LogP contribution < -0.4 is 0 Å². The Morgan fingerprint density at radius 3 is 2.31 bits per heavy atom. The molecule has 3 nitrogen and oxygen atoms in total. The summed E-state index contributed by atoms with van der Waals surface area (Å²) in [6.45, 7) is 0. The first-order chi connectivity index (χ1) is 20.8. The zero-order valence-electron chi connectivity index (χ0n) is 22.4. The van der Waals surface area contributed by atoms with E-state index >= 15 is 0 Å². The maximum Gasteiger partial charge on any atom is 0.246 e. The molecule has 4 heteroatoms. The second-order valence-corrected chi connectivity index (χ2v) is 11.7. The van der Waals surface area contributed by atoms with Crippen LogP contribution in [-0.4, -0.2) is 9.97 Å². The van der Waals surface area contributed by atoms with E-state index in [0.717, 1.165) is 38.9 Å². The maximum absolute atomic E-state index is 6.21. The molecule has 9 rings (SSSR count). The number of furan rings is 1. The fourth-order valence-corrected chi connectivity index (χ4v) is 7.28. The van der Waals surface area contributed by atoms with Crippen molar-refractivity contribution in [3.63, 3.8) is 0 Å². The molecule has 0 aliphatic heterocycles. The highest BCUT2D eigenvalue weighted by Crippen LogP contribution is 2.40. The van der Waals surface area contributed by atoms with Crippen molar-refractivity contribution in [2.24, 2.45) is 0 Å². The molecule has 0 unspecified atom stereocenters. The molecule has 0 saturated heterocycles. The predicted octanol–water partition coefficient (Wildman–Crippen LogP) is 10.9. The van der Waals surface area contributed by atoms with Gasteiger partial charge in [-0.1, -0.05) is 97.1 Å². The van der Waals surface area contributed by atoms with Crippen molar-refractivity contribution < 1.29 is 4.42 Å². The number of aromatic nitrogens is 2. The molecule has 42 heavy (non-hydrogen) atoms. The fourth-order valence-electron chi connectivity index (χ4n) is 6.04. The lowest BCUT2D eigenvalue weighted by Crippen LogP contribution is -1.87. The van der Waals surface area contributed by atoms with Gasteiger partial charge in [-0.3, -0.25) is 0 Å². The Hall–Kier alpha value is -5.32. The molecule has 3 heterocycles. The van der Waals surface area contributed by atoms with Crippen molar-refractivity contribution in [2.45, 2.75) is 0 Å². The highest BCUT2D eigenvalue weighted by molar-refractivity contribution is 7.26. The number of benzene rings is 6. The molecule has 0 aliphatic rings. The van der Waals surface area contributed by atoms with E-state index in [-0.39, 0.29) is 0 Å². The smallest absolute Gasteiger partial charge is 0.246 e. The minimum Gasteiger partial charge on any atom is -0.436 e. The standard InChI is InChI=1S/C38H22N2OS/c1-2-8-24-19-25(16-15-23(24)7-1)26-17-18-34-32(21-26)36-38(41-34)40-33(22-39-36)28-10-5-9-27(20-28)29-12-6-13-31-30-11-3-4-14-35(30)42-37(29)31/h1-22H. The van der Waals surface area contributed by atoms with Gasteiger partial charge in [-0.25, -0.2) is 9.97 Å². The average Bonchev–Trinajstić information content (AvgIpc) is 3.62. The number of fused-ring (bicyclic) bond motifs is 7. The van der Waals surface area contributed by atoms with Gasteiger partial charge in [0.25, 0.3) is 0 Å². The lowest BCUT2D eigenvalue weighted by Gasteiger charge is -2.07. The molecule has 0 radical (unpaired) electrons. The van der Waals surface area contributed by atoms with Crippen LogP contribution in [0.15, 0.2) is 138 Å². The van der Waals surface area contributed by atoms with Crippen molar-refractivity contribution >= 4 is 64.5 Å². The summed E-state index contributed by atoms with van der Waals surface area (Å²) in [4.78, 5) is 9.79. The Labute approximate surface area is 245 Å². The van der Waals surface area contributed by atoms with Crippen molar-refractivity contribution in [1.82, 2.24) is 9.97 Å². The first-order valence-corrected chi connectivity index (χ1v) is 14.8. The molecule has 9 aromatic rings. The average molecular weight is 555 g/mol. The van der Waals surface area contributed by atoms with Gasteiger partial charge < -0.3 is 4.42 Å². The molecule has 0 saturated carbocycles. The third-order valence-electron chi connectivity index (χ3n) is 8.14. The van der Waals surface area contributed by atoms with Gasteiger partial charge in [0.2, 0.25) is 5.71 Å². The van der Waals surface area contributed by atoms with Crippen molar-refractivity contribution in [3.05, 3.63) is 134 Å². The van der Waals surface area contributed by atoms with E-state index < -0.39 is 0 Å². The largest absolute Gasteiger partial charge is 0.436 e. The van der Waals surface area contributed by atoms with Crippen LogP contribution in [0, 0.1) is 0 Å². The third kappa shape index (κ3) is 3.66. The number of nitrogens with zero attached hydrogens (tertiary/aromatic N) is 2. The monoisotopic (exact) mass is 554 g/mol. The van der Waals surface area contributed by atoms with Crippen LogP contribution in [0.1, 0.15) is 0 Å². The van der Waals surface area contributed by atoms with Crippen LogP contribution in [0.4, 0.5) is 0 Å². The summed E-state index contributed by atoms with van der Waals surface area (Å²) in [6.07, 6.45) is 1.86. The summed E-state index contributed by atoms with van der Waals surface area (Å²) in [7, 11) is 0. The number of hydrogen-bond acceptors (Lipinski definition) is 4. The number of hydrogen-bond donors (Lipinski definition) is 0. The summed E-state index contributed by atoms with van der Waals surface area (Å²) in [5.41, 5.74) is 8.62. The van der Waals surface area contributed by atoms with Gasteiger partial charge >= 0.3 is 0 Å².